The molecule has 0 amide bonds. The normalized spacial score (nSPS) is 12.9. The van der Waals surface area contributed by atoms with Crippen LogP contribution in [0.3, 0.4) is 0 Å². The summed E-state index contributed by atoms with van der Waals surface area (Å²) in [5.41, 5.74) is 1.13. The quantitative estimate of drug-likeness (QED) is 0.503. The molecule has 19 heavy (non-hydrogen) atoms. The standard InChI is InChI=1S/C15H26N2OSi/c1-3-5-8-13(4-2)12-18-15-10-7-6-9-14(15)11-16-17-19/h6-7,9-10,13H,3-5,8,11-12H2,1-2,19H3. The molecule has 0 bridgehead atoms. The van der Waals surface area contributed by atoms with Crippen molar-refractivity contribution in [2.45, 2.75) is 46.1 Å². The first-order chi connectivity index (χ1) is 9.31. The maximum atomic E-state index is 5.99. The summed E-state index contributed by atoms with van der Waals surface area (Å²) in [5.74, 6) is 1.62. The van der Waals surface area contributed by atoms with Crippen LogP contribution in [0.1, 0.15) is 45.1 Å². The fourth-order valence-corrected chi connectivity index (χ4v) is 2.17. The van der Waals surface area contributed by atoms with Crippen LogP contribution in [0.25, 0.3) is 0 Å². The summed E-state index contributed by atoms with van der Waals surface area (Å²) >= 11 is 0. The van der Waals surface area contributed by atoms with Gasteiger partial charge in [-0.25, -0.2) is 5.11 Å². The monoisotopic (exact) mass is 278 g/mol. The highest BCUT2D eigenvalue weighted by atomic mass is 28.2. The second-order valence-corrected chi connectivity index (χ2v) is 5.23. The SMILES string of the molecule is CCCCC(CC)COc1ccccc1CN=N[SiH3]. The van der Waals surface area contributed by atoms with Crippen LogP contribution >= 0.6 is 0 Å². The zero-order valence-corrected chi connectivity index (χ0v) is 14.4. The second-order valence-electron chi connectivity index (χ2n) is 4.83. The van der Waals surface area contributed by atoms with Gasteiger partial charge in [-0.05, 0) is 18.4 Å². The van der Waals surface area contributed by atoms with E-state index in [1.807, 2.05) is 18.2 Å². The van der Waals surface area contributed by atoms with Gasteiger partial charge < -0.3 is 4.74 Å². The molecule has 106 valence electrons. The summed E-state index contributed by atoms with van der Waals surface area (Å²) in [6.07, 6.45) is 4.99. The Hall–Kier alpha value is -1.16. The summed E-state index contributed by atoms with van der Waals surface area (Å²) in [5, 5.41) is 4.11. The lowest BCUT2D eigenvalue weighted by molar-refractivity contribution is 0.231. The van der Waals surface area contributed by atoms with Gasteiger partial charge in [-0.1, -0.05) is 51.3 Å². The van der Waals surface area contributed by atoms with Gasteiger partial charge in [-0.3, -0.25) is 4.78 Å². The van der Waals surface area contributed by atoms with Crippen LogP contribution in [0.15, 0.2) is 34.2 Å². The summed E-state index contributed by atoms with van der Waals surface area (Å²) in [6.45, 7) is 5.92. The van der Waals surface area contributed by atoms with Gasteiger partial charge in [-0.15, -0.1) is 0 Å². The number of nitrogens with zero attached hydrogens (tertiary/aromatic N) is 2. The van der Waals surface area contributed by atoms with E-state index in [4.69, 9.17) is 4.74 Å². The van der Waals surface area contributed by atoms with Crippen molar-refractivity contribution in [1.29, 1.82) is 0 Å². The van der Waals surface area contributed by atoms with Gasteiger partial charge in [0.2, 0.25) is 0 Å². The predicted molar refractivity (Wildman–Crippen MR) is 83.7 cm³/mol. The van der Waals surface area contributed by atoms with Crippen molar-refractivity contribution in [2.24, 2.45) is 15.8 Å². The van der Waals surface area contributed by atoms with Gasteiger partial charge in [0.1, 0.15) is 5.75 Å². The molecular weight excluding hydrogens is 252 g/mol. The molecule has 0 heterocycles. The minimum atomic E-state index is 0.630. The molecule has 0 saturated heterocycles. The first-order valence-electron chi connectivity index (χ1n) is 7.28. The van der Waals surface area contributed by atoms with E-state index in [1.54, 1.807) is 0 Å². The van der Waals surface area contributed by atoms with Crippen molar-refractivity contribution in [1.82, 2.24) is 0 Å². The number of unbranched alkanes of at least 4 members (excludes halogenated alkanes) is 1. The molecule has 0 aromatic heterocycles. The number of benzene rings is 1. The molecule has 0 radical (unpaired) electrons. The molecule has 1 unspecified atom stereocenters. The van der Waals surface area contributed by atoms with Crippen LogP contribution < -0.4 is 4.74 Å². The highest BCUT2D eigenvalue weighted by molar-refractivity contribution is 6.04. The van der Waals surface area contributed by atoms with Gasteiger partial charge >= 0.3 is 0 Å². The van der Waals surface area contributed by atoms with Crippen LogP contribution in [-0.4, -0.2) is 17.0 Å². The number of hydrogen-bond donors (Lipinski definition) is 0. The number of rotatable bonds is 9. The molecule has 1 aromatic rings. The molecule has 0 spiro atoms. The zero-order valence-electron chi connectivity index (χ0n) is 12.4. The molecule has 0 saturated carbocycles. The zero-order chi connectivity index (χ0) is 13.9. The van der Waals surface area contributed by atoms with Gasteiger partial charge in [0.05, 0.1) is 13.2 Å². The maximum absolute atomic E-state index is 5.99. The van der Waals surface area contributed by atoms with Crippen molar-refractivity contribution in [2.75, 3.05) is 6.61 Å². The Balaban J connectivity index is 2.55. The average molecular weight is 278 g/mol. The van der Waals surface area contributed by atoms with Crippen LogP contribution in [0.4, 0.5) is 0 Å². The van der Waals surface area contributed by atoms with Gasteiger partial charge in [0, 0.05) is 5.56 Å². The largest absolute Gasteiger partial charge is 0.493 e. The summed E-state index contributed by atoms with van der Waals surface area (Å²) in [4.78, 5) is 0. The van der Waals surface area contributed by atoms with E-state index in [0.717, 1.165) is 28.3 Å². The Bertz CT molecular complexity index is 382. The van der Waals surface area contributed by atoms with Crippen molar-refractivity contribution in [3.8, 4) is 5.75 Å². The summed E-state index contributed by atoms with van der Waals surface area (Å²) < 4.78 is 9.93. The number of para-hydroxylation sites is 1. The third-order valence-corrected chi connectivity index (χ3v) is 3.66. The van der Waals surface area contributed by atoms with E-state index in [2.05, 4.69) is 29.8 Å². The maximum Gasteiger partial charge on any atom is 0.162 e. The van der Waals surface area contributed by atoms with Gasteiger partial charge in [0.25, 0.3) is 0 Å². The Morgan fingerprint density at radius 3 is 2.74 bits per heavy atom. The smallest absolute Gasteiger partial charge is 0.162 e. The average Bonchev–Trinajstić information content (AvgIpc) is 2.46. The molecule has 0 N–H and O–H groups in total. The van der Waals surface area contributed by atoms with Crippen molar-refractivity contribution >= 4 is 10.4 Å². The molecule has 0 aliphatic carbocycles. The van der Waals surface area contributed by atoms with E-state index < -0.39 is 0 Å². The minimum absolute atomic E-state index is 0.630. The second kappa shape index (κ2) is 9.73. The van der Waals surface area contributed by atoms with E-state index in [9.17, 15) is 0 Å². The molecule has 3 nitrogen and oxygen atoms in total. The molecule has 0 aliphatic heterocycles. The lowest BCUT2D eigenvalue weighted by Crippen LogP contribution is -2.12. The third kappa shape index (κ3) is 6.01. The molecule has 1 rings (SSSR count). The highest BCUT2D eigenvalue weighted by Gasteiger charge is 2.08. The fraction of sp³-hybridized carbons (Fsp3) is 0.600. The summed E-state index contributed by atoms with van der Waals surface area (Å²) in [7, 11) is 0.766. The lowest BCUT2D eigenvalue weighted by Gasteiger charge is -2.17. The lowest BCUT2D eigenvalue weighted by atomic mass is 10.0. The van der Waals surface area contributed by atoms with Crippen LogP contribution in [0.5, 0.6) is 5.75 Å². The van der Waals surface area contributed by atoms with Crippen LogP contribution in [0, 0.1) is 5.92 Å². The first kappa shape index (κ1) is 15.9. The van der Waals surface area contributed by atoms with E-state index in [-0.39, 0.29) is 0 Å². The molecule has 1 atom stereocenters. The highest BCUT2D eigenvalue weighted by Crippen LogP contribution is 2.21. The Morgan fingerprint density at radius 2 is 2.05 bits per heavy atom. The first-order valence-corrected chi connectivity index (χ1v) is 8.17. The van der Waals surface area contributed by atoms with E-state index >= 15 is 0 Å². The fourth-order valence-electron chi connectivity index (χ4n) is 2.03. The molecular formula is C15H26N2OSi. The third-order valence-electron chi connectivity index (χ3n) is 3.37. The molecule has 4 heteroatoms. The van der Waals surface area contributed by atoms with Crippen molar-refractivity contribution in [3.63, 3.8) is 0 Å². The molecule has 0 fully saturated rings. The number of hydrogen-bond acceptors (Lipinski definition) is 3. The minimum Gasteiger partial charge on any atom is -0.493 e. The Labute approximate surface area is 120 Å². The van der Waals surface area contributed by atoms with Crippen LogP contribution in [-0.2, 0) is 6.54 Å². The summed E-state index contributed by atoms with van der Waals surface area (Å²) in [6, 6.07) is 8.14. The Morgan fingerprint density at radius 1 is 1.26 bits per heavy atom. The van der Waals surface area contributed by atoms with Crippen LogP contribution in [0.2, 0.25) is 0 Å². The van der Waals surface area contributed by atoms with Crippen molar-refractivity contribution in [3.05, 3.63) is 29.8 Å². The van der Waals surface area contributed by atoms with E-state index in [1.165, 1.54) is 25.7 Å². The van der Waals surface area contributed by atoms with Gasteiger partial charge in [0.15, 0.2) is 10.4 Å². The topological polar surface area (TPSA) is 34.0 Å². The predicted octanol–water partition coefficient (Wildman–Crippen LogP) is 3.51. The Kier molecular flexibility index (Phi) is 8.14. The molecule has 1 aromatic carbocycles. The van der Waals surface area contributed by atoms with E-state index in [0.29, 0.717) is 12.5 Å². The van der Waals surface area contributed by atoms with Gasteiger partial charge in [-0.2, -0.15) is 0 Å². The molecule has 0 aliphatic rings. The number of ether oxygens (including phenoxy) is 1. The van der Waals surface area contributed by atoms with Crippen molar-refractivity contribution < 1.29 is 4.74 Å².